The number of unbranched alkanes of at least 4 members (excludes halogenated alkanes) is 9. The molecule has 5 heterocycles. The van der Waals surface area contributed by atoms with Gasteiger partial charge in [0.2, 0.25) is 0 Å². The van der Waals surface area contributed by atoms with E-state index in [0.29, 0.717) is 19.8 Å². The van der Waals surface area contributed by atoms with Gasteiger partial charge in [-0.15, -0.1) is 0 Å². The highest BCUT2D eigenvalue weighted by Crippen LogP contribution is 2.39. The molecule has 25 atom stereocenters. The van der Waals surface area contributed by atoms with Crippen molar-refractivity contribution in [2.24, 2.45) is 5.41 Å². The lowest BCUT2D eigenvalue weighted by Gasteiger charge is -2.51. The molecule has 10 unspecified atom stereocenters. The summed E-state index contributed by atoms with van der Waals surface area (Å²) >= 11 is 0. The highest BCUT2D eigenvalue weighted by atomic mass is 16.8. The van der Waals surface area contributed by atoms with Crippen molar-refractivity contribution in [1.82, 2.24) is 0 Å². The molecule has 0 radical (unpaired) electrons. The van der Waals surface area contributed by atoms with E-state index in [1.165, 1.54) is 0 Å². The Hall–Kier alpha value is -1.16. The summed E-state index contributed by atoms with van der Waals surface area (Å²) in [5.41, 5.74) is -1.17. The summed E-state index contributed by atoms with van der Waals surface area (Å²) in [7, 11) is 0. The summed E-state index contributed by atoms with van der Waals surface area (Å²) in [5, 5.41) is 173. The molecule has 0 aromatic heterocycles. The molecular formula is C53H98O29. The lowest BCUT2D eigenvalue weighted by Crippen LogP contribution is -2.69. The number of aliphatic hydroxyl groups is 16. The van der Waals surface area contributed by atoms with Crippen molar-refractivity contribution in [2.45, 2.75) is 251 Å². The van der Waals surface area contributed by atoms with E-state index < -0.39 is 192 Å². The molecule has 29 nitrogen and oxygen atoms in total. The monoisotopic (exact) mass is 1200 g/mol. The number of aliphatic hydroxyl groups excluding tert-OH is 16. The molecule has 0 amide bonds. The second kappa shape index (κ2) is 36.4. The zero-order valence-corrected chi connectivity index (χ0v) is 47.4. The molecule has 82 heavy (non-hydrogen) atoms. The minimum absolute atomic E-state index is 0.00864. The number of ether oxygens (including phenoxy) is 13. The Kier molecular flexibility index (Phi) is 31.7. The van der Waals surface area contributed by atoms with Gasteiger partial charge in [-0.1, -0.05) is 78.6 Å². The Morgan fingerprint density at radius 1 is 0.305 bits per heavy atom. The summed E-state index contributed by atoms with van der Waals surface area (Å²) in [6, 6.07) is 0. The van der Waals surface area contributed by atoms with E-state index in [4.69, 9.17) is 61.6 Å². The Bertz CT molecular complexity index is 1650. The minimum atomic E-state index is -2.17. The number of hydrogen-bond acceptors (Lipinski definition) is 29. The molecule has 0 aliphatic carbocycles. The maximum absolute atomic E-state index is 11.5. The van der Waals surface area contributed by atoms with Crippen LogP contribution in [-0.4, -0.2) is 315 Å². The standard InChI is InChI=1S/C53H98O29/c1-4-7-10-13-16-70-24-53(25-71-17-14-11-8-5-2,26-72-18-15-12-9-6-3)27-74-52-47(82-51-44(69)40(65)36(61)31(22-57)78-51)46(81-50-43(68)39(64)35(60)30(21-56)77-50)45(80-49-42(67)38(63)34(59)29(20-55)76-49)32(79-52)23-73-48-41(66)37(62)33(58)28(19-54)75-48/h28-52,54-69H,4-27H2,1-3H3/t28?,29?,30?,31?,32?,33-,34-,35-,36-,37+,38+,39+,40+,41?,42?,43?,44?,45-,46+,47?,48-,49+,50+,51+,52-/m1/s1. The van der Waals surface area contributed by atoms with Gasteiger partial charge >= 0.3 is 0 Å². The van der Waals surface area contributed by atoms with Gasteiger partial charge in [0.25, 0.3) is 0 Å². The third kappa shape index (κ3) is 19.4. The van der Waals surface area contributed by atoms with Crippen LogP contribution in [-0.2, 0) is 61.6 Å². The van der Waals surface area contributed by atoms with Crippen molar-refractivity contribution in [3.05, 3.63) is 0 Å². The normalized spacial score (nSPS) is 40.4. The third-order valence-corrected chi connectivity index (χ3v) is 15.5. The van der Waals surface area contributed by atoms with Crippen molar-refractivity contribution in [3.8, 4) is 0 Å². The fraction of sp³-hybridized carbons (Fsp3) is 1.00. The first kappa shape index (κ1) is 71.6. The second-order valence-corrected chi connectivity index (χ2v) is 22.1. The predicted octanol–water partition coefficient (Wildman–Crippen LogP) is -5.12. The molecule has 5 aliphatic rings. The van der Waals surface area contributed by atoms with Crippen LogP contribution in [0, 0.1) is 5.41 Å². The zero-order valence-electron chi connectivity index (χ0n) is 47.4. The van der Waals surface area contributed by atoms with E-state index in [1.807, 2.05) is 0 Å². The molecule has 16 N–H and O–H groups in total. The number of rotatable bonds is 37. The molecule has 29 heteroatoms. The molecule has 5 aliphatic heterocycles. The average molecular weight is 1200 g/mol. The SMILES string of the molecule is CCCCCCOCC(COCCCCCC)(COCCCCCC)CO[C@@H]1OC(CO[C@@H]2OC(CO)[C@@H](O)[C@H](O)C2O)[C@@H](O[C@@H]2OC(CO)[C@@H](O)[C@H](O)C2O)[C@H](O[C@@H]2OC(CO)[C@@H](O)[C@H](O)C2O)C1O[C@@H]1OC(CO)[C@@H](O)[C@H](O)C1O. The van der Waals surface area contributed by atoms with Gasteiger partial charge in [-0.25, -0.2) is 0 Å². The zero-order chi connectivity index (χ0) is 60.1. The molecule has 0 spiro atoms. The van der Waals surface area contributed by atoms with Crippen LogP contribution >= 0.6 is 0 Å². The Morgan fingerprint density at radius 2 is 0.622 bits per heavy atom. The second-order valence-electron chi connectivity index (χ2n) is 22.1. The van der Waals surface area contributed by atoms with Gasteiger partial charge < -0.3 is 143 Å². The molecular weight excluding hydrogens is 1100 g/mol. The van der Waals surface area contributed by atoms with Crippen molar-refractivity contribution in [2.75, 3.05) is 79.3 Å². The summed E-state index contributed by atoms with van der Waals surface area (Å²) in [5.74, 6) is 0. The average Bonchev–Trinajstić information content (AvgIpc) is 3.41. The van der Waals surface area contributed by atoms with Gasteiger partial charge in [-0.3, -0.25) is 0 Å². The smallest absolute Gasteiger partial charge is 0.187 e. The van der Waals surface area contributed by atoms with E-state index in [9.17, 15) is 81.7 Å². The van der Waals surface area contributed by atoms with Gasteiger partial charge in [-0.2, -0.15) is 0 Å². The Labute approximate surface area is 478 Å². The van der Waals surface area contributed by atoms with Crippen LogP contribution in [0.1, 0.15) is 97.8 Å². The summed E-state index contributed by atoms with van der Waals surface area (Å²) in [6.45, 7) is 2.36. The summed E-state index contributed by atoms with van der Waals surface area (Å²) in [4.78, 5) is 0. The molecule has 0 aromatic rings. The van der Waals surface area contributed by atoms with Gasteiger partial charge in [0.15, 0.2) is 31.5 Å². The first-order valence-electron chi connectivity index (χ1n) is 29.2. The van der Waals surface area contributed by atoms with Gasteiger partial charge in [-0.05, 0) is 19.3 Å². The van der Waals surface area contributed by atoms with Crippen LogP contribution in [0.25, 0.3) is 0 Å². The van der Waals surface area contributed by atoms with E-state index >= 15 is 0 Å². The fourth-order valence-corrected chi connectivity index (χ4v) is 10.3. The largest absolute Gasteiger partial charge is 0.394 e. The predicted molar refractivity (Wildman–Crippen MR) is 278 cm³/mol. The summed E-state index contributed by atoms with van der Waals surface area (Å²) < 4.78 is 81.1. The topological polar surface area (TPSA) is 444 Å². The van der Waals surface area contributed by atoms with Gasteiger partial charge in [0.05, 0.1) is 64.9 Å². The molecule has 0 saturated carbocycles. The van der Waals surface area contributed by atoms with Crippen LogP contribution < -0.4 is 0 Å². The van der Waals surface area contributed by atoms with Crippen molar-refractivity contribution >= 4 is 0 Å². The molecule has 0 bridgehead atoms. The molecule has 484 valence electrons. The van der Waals surface area contributed by atoms with Crippen molar-refractivity contribution < 1.29 is 143 Å². The molecule has 0 aromatic carbocycles. The highest BCUT2D eigenvalue weighted by Gasteiger charge is 2.58. The third-order valence-electron chi connectivity index (χ3n) is 15.5. The van der Waals surface area contributed by atoms with Crippen LogP contribution in [0.2, 0.25) is 0 Å². The maximum atomic E-state index is 11.5. The first-order chi connectivity index (χ1) is 39.3. The van der Waals surface area contributed by atoms with E-state index in [0.717, 1.165) is 77.0 Å². The minimum Gasteiger partial charge on any atom is -0.394 e. The Balaban J connectivity index is 1.69. The van der Waals surface area contributed by atoms with E-state index in [2.05, 4.69) is 20.8 Å². The van der Waals surface area contributed by atoms with Crippen LogP contribution in [0.5, 0.6) is 0 Å². The van der Waals surface area contributed by atoms with Crippen LogP contribution in [0.3, 0.4) is 0 Å². The van der Waals surface area contributed by atoms with Crippen LogP contribution in [0.15, 0.2) is 0 Å². The van der Waals surface area contributed by atoms with Gasteiger partial charge in [0.1, 0.15) is 122 Å². The lowest BCUT2D eigenvalue weighted by molar-refractivity contribution is -0.413. The lowest BCUT2D eigenvalue weighted by atomic mass is 9.91. The Morgan fingerprint density at radius 3 is 0.976 bits per heavy atom. The fourth-order valence-electron chi connectivity index (χ4n) is 10.3. The first-order valence-corrected chi connectivity index (χ1v) is 29.2. The summed E-state index contributed by atoms with van der Waals surface area (Å²) in [6.07, 6.45) is -37.4. The quantitative estimate of drug-likeness (QED) is 0.0259. The highest BCUT2D eigenvalue weighted by molar-refractivity contribution is 5.00. The van der Waals surface area contributed by atoms with Crippen molar-refractivity contribution in [3.63, 3.8) is 0 Å². The molecule has 5 fully saturated rings. The van der Waals surface area contributed by atoms with Crippen LogP contribution in [0.4, 0.5) is 0 Å². The van der Waals surface area contributed by atoms with E-state index in [-0.39, 0.29) is 26.4 Å². The van der Waals surface area contributed by atoms with E-state index in [1.54, 1.807) is 0 Å². The molecule has 5 saturated heterocycles. The maximum Gasteiger partial charge on any atom is 0.187 e. The molecule has 5 rings (SSSR count). The van der Waals surface area contributed by atoms with Crippen molar-refractivity contribution in [1.29, 1.82) is 0 Å². The van der Waals surface area contributed by atoms with Gasteiger partial charge in [0, 0.05) is 19.8 Å². The number of hydrogen-bond donors (Lipinski definition) is 16.